The molecule has 2 aromatic rings. The summed E-state index contributed by atoms with van der Waals surface area (Å²) in [5, 5.41) is 0. The molecule has 2 heterocycles. The Labute approximate surface area is 183 Å². The Kier molecular flexibility index (Phi) is 5.56. The first-order valence-electron chi connectivity index (χ1n) is 10.3. The summed E-state index contributed by atoms with van der Waals surface area (Å²) < 4.78 is 2.03. The first-order valence-corrected chi connectivity index (χ1v) is 11.0. The van der Waals surface area contributed by atoms with Crippen LogP contribution in [0.1, 0.15) is 43.7 Å². The van der Waals surface area contributed by atoms with Gasteiger partial charge in [-0.05, 0) is 49.5 Å². The van der Waals surface area contributed by atoms with Crippen molar-refractivity contribution >= 4 is 33.1 Å². The lowest BCUT2D eigenvalue weighted by Crippen LogP contribution is -2.26. The normalized spacial score (nSPS) is 20.4. The first kappa shape index (κ1) is 19.9. The molecule has 0 aromatic heterocycles. The van der Waals surface area contributed by atoms with Crippen LogP contribution in [-0.4, -0.2) is 13.1 Å². The quantitative estimate of drug-likeness (QED) is 0.381. The second kappa shape index (κ2) is 8.13. The van der Waals surface area contributed by atoms with Crippen LogP contribution in [0.4, 0.5) is 11.4 Å². The van der Waals surface area contributed by atoms with E-state index in [4.69, 9.17) is 0 Å². The molecule has 0 bridgehead atoms. The first-order chi connectivity index (χ1) is 14.0. The summed E-state index contributed by atoms with van der Waals surface area (Å²) in [5.74, 6) is 7.02. The average molecular weight is 447 g/mol. The topological polar surface area (TPSA) is 6.48 Å². The van der Waals surface area contributed by atoms with Crippen molar-refractivity contribution in [2.45, 2.75) is 38.0 Å². The minimum Gasteiger partial charge on any atom is -0.371 e. The summed E-state index contributed by atoms with van der Waals surface area (Å²) in [6.07, 6.45) is 4.18. The van der Waals surface area contributed by atoms with Crippen LogP contribution < -0.4 is 8.83 Å². The van der Waals surface area contributed by atoms with Crippen molar-refractivity contribution in [2.24, 2.45) is 0 Å². The van der Waals surface area contributed by atoms with Gasteiger partial charge in [-0.15, -0.1) is 5.92 Å². The van der Waals surface area contributed by atoms with Gasteiger partial charge in [0.2, 0.25) is 0 Å². The van der Waals surface area contributed by atoms with E-state index in [1.54, 1.807) is 0 Å². The Balaban J connectivity index is 1.59. The summed E-state index contributed by atoms with van der Waals surface area (Å²) >= 11 is 3.72. The van der Waals surface area contributed by atoms with Crippen LogP contribution in [0.5, 0.6) is 0 Å². The van der Waals surface area contributed by atoms with Crippen LogP contribution in [0.2, 0.25) is 0 Å². The number of fused-ring (bicyclic) bond motifs is 1. The van der Waals surface area contributed by atoms with Gasteiger partial charge in [-0.1, -0.05) is 55.5 Å². The third-order valence-corrected chi connectivity index (χ3v) is 6.88. The lowest BCUT2D eigenvalue weighted by molar-refractivity contribution is 0.759. The van der Waals surface area contributed by atoms with Crippen molar-refractivity contribution in [2.75, 3.05) is 21.9 Å². The van der Waals surface area contributed by atoms with Crippen LogP contribution in [-0.2, 0) is 5.41 Å². The van der Waals surface area contributed by atoms with Crippen molar-refractivity contribution in [3.63, 3.8) is 0 Å². The number of nitrogens with zero attached hydrogens (tertiary/aromatic N) is 2. The monoisotopic (exact) mass is 446 g/mol. The van der Waals surface area contributed by atoms with Gasteiger partial charge in [-0.25, -0.2) is 0 Å². The molecule has 2 aliphatic rings. The Morgan fingerprint density at radius 3 is 2.48 bits per heavy atom. The lowest BCUT2D eigenvalue weighted by Gasteiger charge is -2.27. The lowest BCUT2D eigenvalue weighted by atomic mass is 9.81. The van der Waals surface area contributed by atoms with Crippen molar-refractivity contribution in [1.82, 2.24) is 0 Å². The van der Waals surface area contributed by atoms with Gasteiger partial charge in [0, 0.05) is 36.5 Å². The largest absolute Gasteiger partial charge is 0.371 e. The van der Waals surface area contributed by atoms with Crippen molar-refractivity contribution in [3.8, 4) is 11.8 Å². The molecule has 1 saturated heterocycles. The molecule has 4 rings (SSSR count). The van der Waals surface area contributed by atoms with E-state index in [1.165, 1.54) is 29.7 Å². The van der Waals surface area contributed by atoms with E-state index < -0.39 is 5.41 Å². The molecule has 148 valence electrons. The highest BCUT2D eigenvalue weighted by molar-refractivity contribution is 9.10. The number of rotatable bonds is 4. The molecule has 0 saturated carbocycles. The van der Waals surface area contributed by atoms with E-state index in [2.05, 4.69) is 95.4 Å². The number of halogens is 1. The van der Waals surface area contributed by atoms with E-state index in [0.717, 1.165) is 42.9 Å². The number of benzene rings is 2. The molecular weight excluding hydrogens is 420 g/mol. The third kappa shape index (κ3) is 3.63. The average Bonchev–Trinajstić information content (AvgIpc) is 3.35. The third-order valence-electron chi connectivity index (χ3n) is 6.07. The maximum Gasteiger partial charge on any atom is 0.0978 e. The molecule has 3 heteroatoms. The molecule has 0 aliphatic carbocycles. The summed E-state index contributed by atoms with van der Waals surface area (Å²) in [5.41, 5.74) is 6.64. The molecule has 1 atom stereocenters. The molecule has 2 nitrogen and oxygen atoms in total. The van der Waals surface area contributed by atoms with E-state index in [1.807, 2.05) is 9.99 Å². The van der Waals surface area contributed by atoms with Gasteiger partial charge in [0.25, 0.3) is 0 Å². The molecule has 0 spiro atoms. The Morgan fingerprint density at radius 2 is 1.76 bits per heavy atom. The second-order valence-electron chi connectivity index (χ2n) is 7.99. The SMILES string of the molecule is C=C(CCC#CC1(C)C(=C)N(Br)c2cccc(N3CCCC3)c21)c1ccccc1. The fourth-order valence-corrected chi connectivity index (χ4v) is 4.97. The smallest absolute Gasteiger partial charge is 0.0978 e. The van der Waals surface area contributed by atoms with Crippen LogP contribution >= 0.6 is 16.1 Å². The van der Waals surface area contributed by atoms with Gasteiger partial charge in [0.05, 0.1) is 27.2 Å². The van der Waals surface area contributed by atoms with Crippen molar-refractivity contribution in [1.29, 1.82) is 0 Å². The van der Waals surface area contributed by atoms with Gasteiger partial charge in [0.1, 0.15) is 0 Å². The Hall–Kier alpha value is -2.44. The Bertz CT molecular complexity index is 992. The molecule has 1 unspecified atom stereocenters. The summed E-state index contributed by atoms with van der Waals surface area (Å²) in [4.78, 5) is 2.50. The predicted octanol–water partition coefficient (Wildman–Crippen LogP) is 6.69. The molecule has 0 radical (unpaired) electrons. The highest BCUT2D eigenvalue weighted by Gasteiger charge is 2.43. The van der Waals surface area contributed by atoms with Gasteiger partial charge in [-0.3, -0.25) is 3.93 Å². The van der Waals surface area contributed by atoms with E-state index >= 15 is 0 Å². The molecule has 2 aliphatic heterocycles. The summed E-state index contributed by atoms with van der Waals surface area (Å²) in [6, 6.07) is 16.9. The Morgan fingerprint density at radius 1 is 1.07 bits per heavy atom. The molecule has 0 amide bonds. The van der Waals surface area contributed by atoms with E-state index in [-0.39, 0.29) is 0 Å². The van der Waals surface area contributed by atoms with Crippen molar-refractivity contribution < 1.29 is 0 Å². The molecule has 2 aromatic carbocycles. The van der Waals surface area contributed by atoms with Gasteiger partial charge in [-0.2, -0.15) is 0 Å². The zero-order valence-electron chi connectivity index (χ0n) is 17.0. The fraction of sp³-hybridized carbons (Fsp3) is 0.308. The van der Waals surface area contributed by atoms with Gasteiger partial charge >= 0.3 is 0 Å². The zero-order chi connectivity index (χ0) is 20.4. The van der Waals surface area contributed by atoms with Crippen molar-refractivity contribution in [3.05, 3.63) is 78.5 Å². The fourth-order valence-electron chi connectivity index (χ4n) is 4.32. The molecule has 1 fully saturated rings. The maximum atomic E-state index is 4.37. The van der Waals surface area contributed by atoms with Crippen LogP contribution in [0.25, 0.3) is 5.57 Å². The summed E-state index contributed by atoms with van der Waals surface area (Å²) in [7, 11) is 0. The van der Waals surface area contributed by atoms with Gasteiger partial charge < -0.3 is 4.90 Å². The second-order valence-corrected chi connectivity index (χ2v) is 8.70. The number of hydrogen-bond donors (Lipinski definition) is 0. The van der Waals surface area contributed by atoms with E-state index in [9.17, 15) is 0 Å². The minimum atomic E-state index is -0.397. The van der Waals surface area contributed by atoms with Crippen LogP contribution in [0.3, 0.4) is 0 Å². The number of hydrogen-bond acceptors (Lipinski definition) is 2. The molecular formula is C26H27BrN2. The van der Waals surface area contributed by atoms with E-state index in [0.29, 0.717) is 0 Å². The summed E-state index contributed by atoms with van der Waals surface area (Å²) in [6.45, 7) is 13.0. The standard InChI is InChI=1S/C26H27BrN2/c1-20(22-13-5-4-6-14-22)12-7-8-17-26(3)21(2)29(27)24-16-11-15-23(25(24)26)28-18-9-10-19-28/h4-6,11,13-16H,1-2,7,9-10,12,18-19H2,3H3. The zero-order valence-corrected chi connectivity index (χ0v) is 18.6. The van der Waals surface area contributed by atoms with Crippen LogP contribution in [0, 0.1) is 11.8 Å². The van der Waals surface area contributed by atoms with Crippen LogP contribution in [0.15, 0.2) is 67.4 Å². The minimum absolute atomic E-state index is 0.397. The highest BCUT2D eigenvalue weighted by Crippen LogP contribution is 2.52. The number of allylic oxidation sites excluding steroid dienone is 2. The maximum absolute atomic E-state index is 4.37. The van der Waals surface area contributed by atoms with Gasteiger partial charge in [0.15, 0.2) is 0 Å². The highest BCUT2D eigenvalue weighted by atomic mass is 79.9. The predicted molar refractivity (Wildman–Crippen MR) is 128 cm³/mol. The molecule has 0 N–H and O–H groups in total. The molecule has 29 heavy (non-hydrogen) atoms. The number of anilines is 2.